The molecule has 36 heavy (non-hydrogen) atoms. The molecule has 1 amide bonds. The van der Waals surface area contributed by atoms with Crippen LogP contribution in [-0.2, 0) is 21.0 Å². The average molecular weight is 523 g/mol. The Hall–Kier alpha value is -3.38. The second kappa shape index (κ2) is 9.94. The molecule has 0 bridgehead atoms. The third-order valence-electron chi connectivity index (χ3n) is 5.93. The van der Waals surface area contributed by atoms with Gasteiger partial charge in [0.25, 0.3) is 0 Å². The molecule has 1 aromatic heterocycles. The number of sulfonamides is 1. The highest BCUT2D eigenvalue weighted by molar-refractivity contribution is 7.89. The maximum absolute atomic E-state index is 13.2. The number of amides is 1. The average Bonchev–Trinajstić information content (AvgIpc) is 3.35. The molecule has 1 aliphatic rings. The molecule has 0 aliphatic carbocycles. The number of carbonyl (C=O) groups excluding carboxylic acids is 1. The number of rotatable bonds is 6. The number of nitrogens with one attached hydrogen (secondary N) is 1. The fourth-order valence-corrected chi connectivity index (χ4v) is 5.67. The molecule has 1 fully saturated rings. The van der Waals surface area contributed by atoms with E-state index in [0.29, 0.717) is 29.8 Å². The Labute approximate surface area is 205 Å². The fraction of sp³-hybridized carbons (Fsp3) is 0.292. The standard InChI is InChI=1S/C24H22F4N4O3S/c1-15(20-13-21(30-14-29-20)16-4-6-17(7-5-16)24(26,27)28)31-23(33)22-3-2-12-32(22)36(34,35)19-10-8-18(25)9-11-19/h4-11,13-15,22H,2-3,12H2,1H3,(H,31,33)/t15-,22+/m1/s1. The minimum Gasteiger partial charge on any atom is -0.347 e. The van der Waals surface area contributed by atoms with Crippen molar-refractivity contribution in [2.45, 2.75) is 42.9 Å². The topological polar surface area (TPSA) is 92.3 Å². The highest BCUT2D eigenvalue weighted by atomic mass is 32.2. The molecule has 12 heteroatoms. The normalized spacial score (nSPS) is 17.6. The Morgan fingerprint density at radius 1 is 1.08 bits per heavy atom. The van der Waals surface area contributed by atoms with Crippen molar-refractivity contribution in [3.63, 3.8) is 0 Å². The van der Waals surface area contributed by atoms with Crippen LogP contribution in [0.4, 0.5) is 17.6 Å². The highest BCUT2D eigenvalue weighted by Crippen LogP contribution is 2.31. The summed E-state index contributed by atoms with van der Waals surface area (Å²) < 4.78 is 78.9. The predicted molar refractivity (Wildman–Crippen MR) is 122 cm³/mol. The zero-order chi connectivity index (χ0) is 26.1. The second-order valence-electron chi connectivity index (χ2n) is 8.36. The van der Waals surface area contributed by atoms with E-state index in [1.807, 2.05) is 0 Å². The molecule has 7 nitrogen and oxygen atoms in total. The molecule has 4 rings (SSSR count). The van der Waals surface area contributed by atoms with Crippen LogP contribution < -0.4 is 5.32 Å². The lowest BCUT2D eigenvalue weighted by Crippen LogP contribution is -2.46. The molecule has 1 saturated heterocycles. The van der Waals surface area contributed by atoms with Gasteiger partial charge in [-0.2, -0.15) is 17.5 Å². The van der Waals surface area contributed by atoms with E-state index in [0.717, 1.165) is 40.7 Å². The van der Waals surface area contributed by atoms with E-state index in [2.05, 4.69) is 15.3 Å². The first-order chi connectivity index (χ1) is 17.0. The molecular formula is C24H22F4N4O3S. The summed E-state index contributed by atoms with van der Waals surface area (Å²) >= 11 is 0. The summed E-state index contributed by atoms with van der Waals surface area (Å²) in [7, 11) is -4.01. The van der Waals surface area contributed by atoms with Gasteiger partial charge in [0.2, 0.25) is 15.9 Å². The molecule has 2 aromatic carbocycles. The van der Waals surface area contributed by atoms with E-state index in [4.69, 9.17) is 0 Å². The van der Waals surface area contributed by atoms with Crippen LogP contribution in [0.1, 0.15) is 37.1 Å². The van der Waals surface area contributed by atoms with Gasteiger partial charge in [-0.3, -0.25) is 4.79 Å². The molecule has 1 aliphatic heterocycles. The molecule has 0 unspecified atom stereocenters. The molecule has 3 aromatic rings. The second-order valence-corrected chi connectivity index (χ2v) is 10.3. The molecular weight excluding hydrogens is 500 g/mol. The summed E-state index contributed by atoms with van der Waals surface area (Å²) in [5.41, 5.74) is 0.436. The van der Waals surface area contributed by atoms with Gasteiger partial charge >= 0.3 is 6.18 Å². The van der Waals surface area contributed by atoms with Gasteiger partial charge < -0.3 is 5.32 Å². The van der Waals surface area contributed by atoms with Gasteiger partial charge in [-0.05, 0) is 62.2 Å². The van der Waals surface area contributed by atoms with E-state index in [1.54, 1.807) is 13.0 Å². The Balaban J connectivity index is 1.49. The monoisotopic (exact) mass is 522 g/mol. The Kier molecular flexibility index (Phi) is 7.10. The molecule has 0 radical (unpaired) electrons. The largest absolute Gasteiger partial charge is 0.416 e. The van der Waals surface area contributed by atoms with Crippen molar-refractivity contribution in [1.29, 1.82) is 0 Å². The van der Waals surface area contributed by atoms with Crippen molar-refractivity contribution >= 4 is 15.9 Å². The van der Waals surface area contributed by atoms with E-state index in [9.17, 15) is 30.8 Å². The number of hydrogen-bond acceptors (Lipinski definition) is 5. The van der Waals surface area contributed by atoms with E-state index in [-0.39, 0.29) is 11.4 Å². The third kappa shape index (κ3) is 5.39. The highest BCUT2D eigenvalue weighted by Gasteiger charge is 2.40. The van der Waals surface area contributed by atoms with Gasteiger partial charge in [-0.25, -0.2) is 22.8 Å². The molecule has 0 saturated carbocycles. The first-order valence-corrected chi connectivity index (χ1v) is 12.5. The molecule has 190 valence electrons. The first kappa shape index (κ1) is 25.7. The minimum absolute atomic E-state index is 0.103. The Morgan fingerprint density at radius 3 is 2.39 bits per heavy atom. The van der Waals surface area contributed by atoms with E-state index >= 15 is 0 Å². The maximum Gasteiger partial charge on any atom is 0.416 e. The summed E-state index contributed by atoms with van der Waals surface area (Å²) in [6.07, 6.45) is -2.41. The Morgan fingerprint density at radius 2 is 1.75 bits per heavy atom. The number of benzene rings is 2. The molecule has 1 N–H and O–H groups in total. The Bertz CT molecular complexity index is 1350. The molecule has 2 atom stereocenters. The number of halogens is 4. The van der Waals surface area contributed by atoms with Gasteiger partial charge in [0, 0.05) is 12.1 Å². The maximum atomic E-state index is 13.2. The first-order valence-electron chi connectivity index (χ1n) is 11.0. The summed E-state index contributed by atoms with van der Waals surface area (Å²) in [6.45, 7) is 1.81. The predicted octanol–water partition coefficient (Wildman–Crippen LogP) is 4.33. The number of aromatic nitrogens is 2. The zero-order valence-corrected chi connectivity index (χ0v) is 19.9. The number of carbonyl (C=O) groups is 1. The minimum atomic E-state index is -4.45. The van der Waals surface area contributed by atoms with Crippen molar-refractivity contribution in [3.05, 3.63) is 78.0 Å². The quantitative estimate of drug-likeness (QED) is 0.487. The lowest BCUT2D eigenvalue weighted by Gasteiger charge is -2.25. The SMILES string of the molecule is C[C@@H](NC(=O)[C@@H]1CCCN1S(=O)(=O)c1ccc(F)cc1)c1cc(-c2ccc(C(F)(F)F)cc2)ncn1. The lowest BCUT2D eigenvalue weighted by molar-refractivity contribution is -0.137. The molecule has 0 spiro atoms. The summed E-state index contributed by atoms with van der Waals surface area (Å²) in [5.74, 6) is -1.08. The number of nitrogens with zero attached hydrogens (tertiary/aromatic N) is 3. The van der Waals surface area contributed by atoms with Crippen molar-refractivity contribution in [2.24, 2.45) is 0 Å². The van der Waals surface area contributed by atoms with Crippen molar-refractivity contribution < 1.29 is 30.8 Å². The third-order valence-corrected chi connectivity index (χ3v) is 7.85. The van der Waals surface area contributed by atoms with Gasteiger partial charge in [0.05, 0.1) is 27.9 Å². The van der Waals surface area contributed by atoms with Crippen LogP contribution in [0.25, 0.3) is 11.3 Å². The van der Waals surface area contributed by atoms with E-state index < -0.39 is 45.6 Å². The summed E-state index contributed by atoms with van der Waals surface area (Å²) in [4.78, 5) is 21.2. The van der Waals surface area contributed by atoms with Gasteiger partial charge in [0.15, 0.2) is 0 Å². The van der Waals surface area contributed by atoms with Crippen LogP contribution in [0.5, 0.6) is 0 Å². The van der Waals surface area contributed by atoms with Crippen LogP contribution in [0.3, 0.4) is 0 Å². The van der Waals surface area contributed by atoms with Crippen molar-refractivity contribution in [2.75, 3.05) is 6.54 Å². The smallest absolute Gasteiger partial charge is 0.347 e. The van der Waals surface area contributed by atoms with Crippen LogP contribution in [0.2, 0.25) is 0 Å². The van der Waals surface area contributed by atoms with Crippen LogP contribution >= 0.6 is 0 Å². The van der Waals surface area contributed by atoms with Crippen molar-refractivity contribution in [3.8, 4) is 11.3 Å². The number of hydrogen-bond donors (Lipinski definition) is 1. The fourth-order valence-electron chi connectivity index (χ4n) is 4.01. The van der Waals surface area contributed by atoms with Gasteiger partial charge in [0.1, 0.15) is 18.2 Å². The van der Waals surface area contributed by atoms with E-state index in [1.165, 1.54) is 18.5 Å². The van der Waals surface area contributed by atoms with Gasteiger partial charge in [-0.15, -0.1) is 0 Å². The zero-order valence-electron chi connectivity index (χ0n) is 19.0. The summed E-state index contributed by atoms with van der Waals surface area (Å²) in [6, 6.07) is 8.89. The number of alkyl halides is 3. The van der Waals surface area contributed by atoms with Crippen molar-refractivity contribution in [1.82, 2.24) is 19.6 Å². The molecule has 2 heterocycles. The van der Waals surface area contributed by atoms with Crippen LogP contribution in [-0.4, -0.2) is 41.2 Å². The lowest BCUT2D eigenvalue weighted by atomic mass is 10.1. The summed E-state index contributed by atoms with van der Waals surface area (Å²) in [5, 5.41) is 2.76. The van der Waals surface area contributed by atoms with Gasteiger partial charge in [-0.1, -0.05) is 12.1 Å². The van der Waals surface area contributed by atoms with Crippen LogP contribution in [0.15, 0.2) is 65.8 Å². The van der Waals surface area contributed by atoms with Crippen LogP contribution in [0, 0.1) is 5.82 Å².